The van der Waals surface area contributed by atoms with Crippen molar-refractivity contribution in [3.8, 4) is 5.88 Å². The molecule has 2 fully saturated rings. The summed E-state index contributed by atoms with van der Waals surface area (Å²) >= 11 is 0. The van der Waals surface area contributed by atoms with Crippen LogP contribution in [0.1, 0.15) is 69.2 Å². The number of hydrogen-bond acceptors (Lipinski definition) is 7. The van der Waals surface area contributed by atoms with Gasteiger partial charge in [0.05, 0.1) is 23.3 Å². The Morgan fingerprint density at radius 3 is 2.39 bits per heavy atom. The number of fused-ring (bicyclic) bond motifs is 1. The van der Waals surface area contributed by atoms with Gasteiger partial charge in [-0.15, -0.1) is 0 Å². The van der Waals surface area contributed by atoms with Crippen LogP contribution in [0.15, 0.2) is 12.4 Å². The van der Waals surface area contributed by atoms with Crippen molar-refractivity contribution < 1.29 is 31.4 Å². The highest BCUT2D eigenvalue weighted by atomic mass is 32.2. The molecule has 0 bridgehead atoms. The van der Waals surface area contributed by atoms with Gasteiger partial charge in [-0.05, 0) is 50.4 Å². The second-order valence-electron chi connectivity index (χ2n) is 10.2. The Kier molecular flexibility index (Phi) is 8.06. The van der Waals surface area contributed by atoms with E-state index in [0.29, 0.717) is 61.4 Å². The number of sulfonamides is 1. The summed E-state index contributed by atoms with van der Waals surface area (Å²) in [6.07, 6.45) is 2.81. The second-order valence-corrected chi connectivity index (χ2v) is 12.2. The predicted molar refractivity (Wildman–Crippen MR) is 128 cm³/mol. The lowest BCUT2D eigenvalue weighted by molar-refractivity contribution is -0.143. The minimum absolute atomic E-state index is 0.0980. The summed E-state index contributed by atoms with van der Waals surface area (Å²) in [7, 11) is -3.25. The van der Waals surface area contributed by atoms with E-state index in [-0.39, 0.29) is 24.5 Å². The predicted octanol–water partition coefficient (Wildman–Crippen LogP) is 3.98. The molecule has 0 unspecified atom stereocenters. The molecule has 0 spiro atoms. The molecule has 0 radical (unpaired) electrons. The van der Waals surface area contributed by atoms with Gasteiger partial charge < -0.3 is 9.84 Å². The van der Waals surface area contributed by atoms with E-state index >= 15 is 0 Å². The molecule has 2 aromatic heterocycles. The van der Waals surface area contributed by atoms with Crippen LogP contribution in [-0.4, -0.2) is 70.5 Å². The second kappa shape index (κ2) is 10.7. The van der Waals surface area contributed by atoms with Gasteiger partial charge in [0.2, 0.25) is 15.9 Å². The third-order valence-corrected chi connectivity index (χ3v) is 8.36. The monoisotopic (exact) mass is 530 g/mol. The average molecular weight is 531 g/mol. The van der Waals surface area contributed by atoms with E-state index in [2.05, 4.69) is 15.0 Å². The fraction of sp³-hybridized carbons (Fsp3) is 0.708. The quantitative estimate of drug-likeness (QED) is 0.577. The summed E-state index contributed by atoms with van der Waals surface area (Å²) < 4.78 is 69.7. The standard InChI is InChI=1S/C24H33F3N4O4S/c1-15(12-24(25,26)27)11-21-28-14-20-22(30-21)19(16-3-5-17(32)6-4-16)13-29-23(20)35-18-7-9-31(10-8-18)36(2,33)34/h13-18,32H,3-12H2,1-2H3/t15-,16?,17?/m1/s1. The van der Waals surface area contributed by atoms with E-state index in [1.54, 1.807) is 12.4 Å². The van der Waals surface area contributed by atoms with E-state index in [0.717, 1.165) is 18.4 Å². The first-order valence-corrected chi connectivity index (χ1v) is 14.2. The van der Waals surface area contributed by atoms with Crippen molar-refractivity contribution in [3.05, 3.63) is 23.8 Å². The molecule has 2 aliphatic rings. The number of hydrogen-bond donors (Lipinski definition) is 1. The lowest BCUT2D eigenvalue weighted by Gasteiger charge is -2.30. The molecule has 1 atom stereocenters. The lowest BCUT2D eigenvalue weighted by atomic mass is 9.82. The van der Waals surface area contributed by atoms with E-state index in [1.807, 2.05) is 0 Å². The highest BCUT2D eigenvalue weighted by Crippen LogP contribution is 2.38. The van der Waals surface area contributed by atoms with Gasteiger partial charge in [0.15, 0.2) is 0 Å². The molecule has 12 heteroatoms. The Morgan fingerprint density at radius 1 is 1.11 bits per heavy atom. The maximum absolute atomic E-state index is 12.8. The van der Waals surface area contributed by atoms with Crippen molar-refractivity contribution in [1.82, 2.24) is 19.3 Å². The fourth-order valence-corrected chi connectivity index (χ4v) is 6.02. The molecule has 1 saturated heterocycles. The number of nitrogens with zero attached hydrogens (tertiary/aromatic N) is 4. The van der Waals surface area contributed by atoms with E-state index in [9.17, 15) is 26.7 Å². The number of halogens is 3. The van der Waals surface area contributed by atoms with Gasteiger partial charge in [-0.1, -0.05) is 6.92 Å². The smallest absolute Gasteiger partial charge is 0.389 e. The van der Waals surface area contributed by atoms with E-state index in [4.69, 9.17) is 4.74 Å². The number of aliphatic hydroxyl groups is 1. The molecule has 1 N–H and O–H groups in total. The maximum atomic E-state index is 12.8. The zero-order valence-corrected chi connectivity index (χ0v) is 21.4. The number of ether oxygens (including phenoxy) is 1. The minimum Gasteiger partial charge on any atom is -0.474 e. The summed E-state index contributed by atoms with van der Waals surface area (Å²) in [5.74, 6) is 0.159. The number of pyridine rings is 1. The molecule has 36 heavy (non-hydrogen) atoms. The Bertz CT molecular complexity index is 1160. The Morgan fingerprint density at radius 2 is 1.78 bits per heavy atom. The molecule has 3 heterocycles. The van der Waals surface area contributed by atoms with Gasteiger partial charge in [-0.2, -0.15) is 13.2 Å². The van der Waals surface area contributed by atoms with Gasteiger partial charge >= 0.3 is 6.18 Å². The number of rotatable bonds is 7. The molecular formula is C24H33F3N4O4S. The Labute approximate surface area is 209 Å². The number of alkyl halides is 3. The van der Waals surface area contributed by atoms with E-state index < -0.39 is 28.5 Å². The first kappa shape index (κ1) is 27.0. The highest BCUT2D eigenvalue weighted by molar-refractivity contribution is 7.88. The van der Waals surface area contributed by atoms with Crippen molar-refractivity contribution in [2.24, 2.45) is 5.92 Å². The minimum atomic E-state index is -4.25. The molecule has 1 saturated carbocycles. The van der Waals surface area contributed by atoms with Gasteiger partial charge in [0.25, 0.3) is 0 Å². The van der Waals surface area contributed by atoms with Crippen molar-refractivity contribution in [3.63, 3.8) is 0 Å². The first-order valence-electron chi connectivity index (χ1n) is 12.4. The summed E-state index contributed by atoms with van der Waals surface area (Å²) in [6.45, 7) is 2.26. The number of aromatic nitrogens is 3. The first-order chi connectivity index (χ1) is 16.9. The summed E-state index contributed by atoms with van der Waals surface area (Å²) in [4.78, 5) is 13.6. The molecular weight excluding hydrogens is 497 g/mol. The van der Waals surface area contributed by atoms with Crippen molar-refractivity contribution >= 4 is 20.9 Å². The number of aliphatic hydroxyl groups excluding tert-OH is 1. The van der Waals surface area contributed by atoms with Gasteiger partial charge in [-0.25, -0.2) is 27.7 Å². The normalized spacial score (nSPS) is 23.6. The van der Waals surface area contributed by atoms with Crippen LogP contribution >= 0.6 is 0 Å². The molecule has 0 aromatic carbocycles. The van der Waals surface area contributed by atoms with Crippen molar-refractivity contribution in [1.29, 1.82) is 0 Å². The van der Waals surface area contributed by atoms with Crippen LogP contribution in [0.2, 0.25) is 0 Å². The molecule has 200 valence electrons. The van der Waals surface area contributed by atoms with Crippen LogP contribution < -0.4 is 4.74 Å². The van der Waals surface area contributed by atoms with Crippen LogP contribution in [0.25, 0.3) is 10.9 Å². The van der Waals surface area contributed by atoms with E-state index in [1.165, 1.54) is 17.5 Å². The zero-order valence-electron chi connectivity index (χ0n) is 20.5. The highest BCUT2D eigenvalue weighted by Gasteiger charge is 2.31. The average Bonchev–Trinajstić information content (AvgIpc) is 2.78. The molecule has 2 aromatic rings. The molecule has 1 aliphatic carbocycles. The number of piperidine rings is 1. The zero-order chi connectivity index (χ0) is 26.1. The van der Waals surface area contributed by atoms with Crippen molar-refractivity contribution in [2.75, 3.05) is 19.3 Å². The maximum Gasteiger partial charge on any atom is 0.389 e. The summed E-state index contributed by atoms with van der Waals surface area (Å²) in [5.41, 5.74) is 1.52. The molecule has 8 nitrogen and oxygen atoms in total. The Hall–Kier alpha value is -2.05. The van der Waals surface area contributed by atoms with Gasteiger partial charge in [0.1, 0.15) is 11.9 Å². The molecule has 0 amide bonds. The van der Waals surface area contributed by atoms with Crippen molar-refractivity contribution in [2.45, 2.75) is 82.6 Å². The fourth-order valence-electron chi connectivity index (χ4n) is 5.15. The van der Waals surface area contributed by atoms with Gasteiger partial charge in [0, 0.05) is 43.9 Å². The SMILES string of the molecule is C[C@H](Cc1ncc2c(OC3CCN(S(C)(=O)=O)CC3)ncc(C3CCC(O)CC3)c2n1)CC(F)(F)F. The summed E-state index contributed by atoms with van der Waals surface area (Å²) in [5, 5.41) is 10.5. The largest absolute Gasteiger partial charge is 0.474 e. The topological polar surface area (TPSA) is 106 Å². The van der Waals surface area contributed by atoms with Crippen LogP contribution in [-0.2, 0) is 16.4 Å². The third-order valence-electron chi connectivity index (χ3n) is 7.06. The summed E-state index contributed by atoms with van der Waals surface area (Å²) in [6, 6.07) is 0. The van der Waals surface area contributed by atoms with Crippen LogP contribution in [0, 0.1) is 5.92 Å². The van der Waals surface area contributed by atoms with Gasteiger partial charge in [-0.3, -0.25) is 0 Å². The Balaban J connectivity index is 1.60. The van der Waals surface area contributed by atoms with Crippen LogP contribution in [0.5, 0.6) is 5.88 Å². The van der Waals surface area contributed by atoms with Crippen LogP contribution in [0.4, 0.5) is 13.2 Å². The third kappa shape index (κ3) is 6.83. The molecule has 4 rings (SSSR count). The molecule has 1 aliphatic heterocycles. The van der Waals surface area contributed by atoms with Crippen LogP contribution in [0.3, 0.4) is 0 Å². The lowest BCUT2D eigenvalue weighted by Crippen LogP contribution is -2.41.